The topological polar surface area (TPSA) is 56.1 Å². The minimum atomic E-state index is -4.54. The van der Waals surface area contributed by atoms with Gasteiger partial charge in [0.15, 0.2) is 4.34 Å². The molecule has 0 spiro atoms. The van der Waals surface area contributed by atoms with Crippen molar-refractivity contribution in [2.45, 2.75) is 39.5 Å². The molecule has 10 heteroatoms. The van der Waals surface area contributed by atoms with Crippen LogP contribution in [0.4, 0.5) is 13.2 Å². The number of methoxy groups -OCH3 is 1. The molecule has 2 aliphatic heterocycles. The van der Waals surface area contributed by atoms with E-state index in [0.29, 0.717) is 30.4 Å². The molecule has 2 aromatic rings. The summed E-state index contributed by atoms with van der Waals surface area (Å²) in [5.74, 6) is 0. The predicted molar refractivity (Wildman–Crippen MR) is 94.0 cm³/mol. The molecule has 1 aromatic carbocycles. The Balaban J connectivity index is 1.53. The quantitative estimate of drug-likeness (QED) is 0.677. The molecule has 4 rings (SSSR count). The number of halogens is 3. The number of benzene rings is 1. The number of thiazole rings is 1. The fourth-order valence-electron chi connectivity index (χ4n) is 2.99. The van der Waals surface area contributed by atoms with E-state index in [4.69, 9.17) is 10.8 Å². The number of ether oxygens (including phenoxy) is 2. The van der Waals surface area contributed by atoms with Gasteiger partial charge in [0.2, 0.25) is 0 Å². The van der Waals surface area contributed by atoms with Gasteiger partial charge in [-0.2, -0.15) is 13.2 Å². The Bertz CT molecular complexity index is 890. The van der Waals surface area contributed by atoms with Crippen molar-refractivity contribution in [3.05, 3.63) is 40.9 Å². The average Bonchev–Trinajstić information content (AvgIpc) is 3.42. The summed E-state index contributed by atoms with van der Waals surface area (Å²) < 4.78 is 59.2. The van der Waals surface area contributed by atoms with Crippen molar-refractivity contribution in [3.8, 4) is 0 Å². The van der Waals surface area contributed by atoms with Crippen LogP contribution in [0.3, 0.4) is 0 Å². The van der Waals surface area contributed by atoms with Crippen LogP contribution in [0.1, 0.15) is 24.7 Å². The zero-order chi connectivity index (χ0) is 20.0. The fourth-order valence-corrected chi connectivity index (χ4v) is 5.09. The molecule has 0 amide bonds. The van der Waals surface area contributed by atoms with E-state index in [0.717, 1.165) is 9.77 Å². The second-order valence-corrected chi connectivity index (χ2v) is 8.55. The van der Waals surface area contributed by atoms with E-state index >= 15 is 0 Å². The molecule has 0 N–H and O–H groups in total. The highest BCUT2D eigenvalue weighted by Crippen LogP contribution is 2.52. The summed E-state index contributed by atoms with van der Waals surface area (Å²) in [6.45, 7) is 1.12. The van der Waals surface area contributed by atoms with E-state index in [9.17, 15) is 13.2 Å². The van der Waals surface area contributed by atoms with Gasteiger partial charge in [-0.3, -0.25) is 0 Å². The second kappa shape index (κ2) is 6.84. The molecule has 1 fully saturated rings. The Morgan fingerprint density at radius 2 is 1.89 bits per heavy atom. The van der Waals surface area contributed by atoms with Crippen LogP contribution in [-0.4, -0.2) is 31.5 Å². The van der Waals surface area contributed by atoms with Gasteiger partial charge in [0.05, 0.1) is 6.25 Å². The maximum Gasteiger partial charge on any atom is 0.442 e. The van der Waals surface area contributed by atoms with Crippen LogP contribution in [0.25, 0.3) is 0 Å². The van der Waals surface area contributed by atoms with E-state index in [1.54, 1.807) is 19.2 Å². The summed E-state index contributed by atoms with van der Waals surface area (Å²) in [6, 6.07) is 5.92. The van der Waals surface area contributed by atoms with E-state index in [1.807, 2.05) is 0 Å². The van der Waals surface area contributed by atoms with E-state index in [-0.39, 0.29) is 11.7 Å². The highest BCUT2D eigenvalue weighted by atomic mass is 32.2. The number of hydrogen-bond acceptors (Lipinski definition) is 7. The number of hydrogen-bond donors (Lipinski definition) is 0. The molecular formula is C17H16F3N3O2S2. The molecule has 0 saturated carbocycles. The van der Waals surface area contributed by atoms with E-state index < -0.39 is 17.4 Å². The molecule has 5 nitrogen and oxygen atoms in total. The first-order chi connectivity index (χ1) is 13.3. The van der Waals surface area contributed by atoms with Crippen molar-refractivity contribution < 1.29 is 24.0 Å². The highest BCUT2D eigenvalue weighted by molar-refractivity contribution is 8.01. The molecule has 2 aliphatic rings. The summed E-state index contributed by atoms with van der Waals surface area (Å²) in [5, 5.41) is 6.41. The molecule has 144 valence electrons. The molecule has 27 heavy (non-hydrogen) atoms. The predicted octanol–water partition coefficient (Wildman–Crippen LogP) is 5.13. The van der Waals surface area contributed by atoms with Crippen LogP contribution in [0, 0.1) is 0 Å². The number of nitrogens with zero attached hydrogens (tertiary/aromatic N) is 3. The fraction of sp³-hybridized carbons (Fsp3) is 0.471. The summed E-state index contributed by atoms with van der Waals surface area (Å²) in [5.41, 5.74) is -2.98. The first-order valence-electron chi connectivity index (χ1n) is 8.70. The van der Waals surface area contributed by atoms with Crippen LogP contribution >= 0.6 is 23.1 Å². The number of aromatic nitrogens is 1. The Morgan fingerprint density at radius 1 is 1.22 bits per heavy atom. The second-order valence-electron chi connectivity index (χ2n) is 6.23. The molecule has 0 bridgehead atoms. The van der Waals surface area contributed by atoms with Gasteiger partial charge in [0.1, 0.15) is 5.60 Å². The summed E-state index contributed by atoms with van der Waals surface area (Å²) >= 11 is 2.68. The van der Waals surface area contributed by atoms with Gasteiger partial charge in [-0.1, -0.05) is 23.9 Å². The minimum Gasteiger partial charge on any atom is -0.381 e. The Kier molecular flexibility index (Phi) is 4.46. The normalized spacial score (nSPS) is 21.1. The van der Waals surface area contributed by atoms with Gasteiger partial charge in [0, 0.05) is 49.8 Å². The van der Waals surface area contributed by atoms with Crippen LogP contribution < -0.4 is 0 Å². The van der Waals surface area contributed by atoms with Gasteiger partial charge in [0.25, 0.3) is 0 Å². The molecule has 1 saturated heterocycles. The monoisotopic (exact) mass is 417 g/mol. The Labute approximate surface area is 163 Å². The van der Waals surface area contributed by atoms with Gasteiger partial charge >= 0.3 is 11.8 Å². The molecule has 0 atom stereocenters. The van der Waals surface area contributed by atoms with E-state index in [1.165, 1.54) is 35.2 Å². The first-order valence-corrected chi connectivity index (χ1v) is 9.83. The molecular weight excluding hydrogens is 399 g/mol. The number of rotatable bonds is 5. The van der Waals surface area contributed by atoms with Crippen LogP contribution in [0.2, 0.25) is 0 Å². The zero-order valence-corrected chi connectivity index (χ0v) is 15.9. The lowest BCUT2D eigenvalue weighted by molar-refractivity contribution is -0.166. The molecule has 1 aromatic heterocycles. The number of alkyl halides is 3. The third kappa shape index (κ3) is 3.39. The summed E-state index contributed by atoms with van der Waals surface area (Å²) in [4.78, 5) is 5.78. The van der Waals surface area contributed by atoms with Crippen molar-refractivity contribution in [2.75, 3.05) is 20.3 Å². The third-order valence-corrected chi connectivity index (χ3v) is 6.91. The molecule has 0 unspecified atom stereocenters. The molecule has 0 radical (unpaired) electrons. The lowest BCUT2D eigenvalue weighted by Crippen LogP contribution is -2.34. The van der Waals surface area contributed by atoms with Gasteiger partial charge < -0.3 is 9.47 Å². The maximum atomic E-state index is 13.1. The van der Waals surface area contributed by atoms with Crippen molar-refractivity contribution in [1.29, 1.82) is 0 Å². The van der Waals surface area contributed by atoms with Gasteiger partial charge in [-0.25, -0.2) is 4.98 Å². The van der Waals surface area contributed by atoms with Crippen molar-refractivity contribution >= 4 is 23.1 Å². The smallest absolute Gasteiger partial charge is 0.381 e. The SMILES string of the molecule is [3H]c1nc(Sc2ccc(C3(C(F)(F)F)N=N3)cc2)sc1C1(OC)CCOCC1. The highest BCUT2D eigenvalue weighted by Gasteiger charge is 2.65. The Morgan fingerprint density at radius 3 is 2.44 bits per heavy atom. The van der Waals surface area contributed by atoms with Crippen molar-refractivity contribution in [1.82, 2.24) is 4.98 Å². The van der Waals surface area contributed by atoms with Gasteiger partial charge in [-0.15, -0.1) is 21.6 Å². The van der Waals surface area contributed by atoms with E-state index in [2.05, 4.69) is 15.2 Å². The van der Waals surface area contributed by atoms with Crippen LogP contribution in [0.15, 0.2) is 49.9 Å². The molecule has 0 aliphatic carbocycles. The van der Waals surface area contributed by atoms with Crippen molar-refractivity contribution in [2.24, 2.45) is 10.2 Å². The minimum absolute atomic E-state index is 0.00843. The molecule has 3 heterocycles. The zero-order valence-electron chi connectivity index (χ0n) is 15.2. The standard InChI is InChI=1S/C17H16F3N3O2S2/c1-24-15(6-8-25-9-7-15)13-10-21-14(27-13)26-12-4-2-11(3-5-12)16(22-23-16)17(18,19)20/h2-5,10H,6-9H2,1H3/i10T. The lowest BCUT2D eigenvalue weighted by atomic mass is 9.93. The Hall–Kier alpha value is -1.49. The van der Waals surface area contributed by atoms with Crippen LogP contribution in [-0.2, 0) is 20.7 Å². The summed E-state index contributed by atoms with van der Waals surface area (Å²) in [7, 11) is 1.63. The van der Waals surface area contributed by atoms with Gasteiger partial charge in [-0.05, 0) is 12.1 Å². The van der Waals surface area contributed by atoms with Crippen LogP contribution in [0.5, 0.6) is 0 Å². The maximum absolute atomic E-state index is 13.1. The first kappa shape index (κ1) is 17.6. The summed E-state index contributed by atoms with van der Waals surface area (Å²) in [6.07, 6.45) is -3.06. The largest absolute Gasteiger partial charge is 0.442 e. The lowest BCUT2D eigenvalue weighted by Gasteiger charge is -2.34. The average molecular weight is 417 g/mol. The third-order valence-electron chi connectivity index (χ3n) is 4.70. The van der Waals surface area contributed by atoms with Crippen molar-refractivity contribution in [3.63, 3.8) is 0 Å².